The van der Waals surface area contributed by atoms with Crippen molar-refractivity contribution in [2.45, 2.75) is 44.6 Å². The summed E-state index contributed by atoms with van der Waals surface area (Å²) in [5.74, 6) is 1.73. The van der Waals surface area contributed by atoms with Crippen LogP contribution in [0.4, 0.5) is 0 Å². The topological polar surface area (TPSA) is 57.6 Å². The van der Waals surface area contributed by atoms with Crippen LogP contribution < -0.4 is 0 Å². The first-order valence-corrected chi connectivity index (χ1v) is 9.19. The number of aliphatic hydroxyl groups excluding tert-OH is 1. The molecule has 0 saturated heterocycles. The van der Waals surface area contributed by atoms with Crippen LogP contribution in [-0.2, 0) is 0 Å². The van der Waals surface area contributed by atoms with Gasteiger partial charge in [-0.2, -0.15) is 0 Å². The maximum Gasteiger partial charge on any atom is 0.261 e. The summed E-state index contributed by atoms with van der Waals surface area (Å²) in [5.41, 5.74) is 0.879. The average Bonchev–Trinajstić information content (AvgIpc) is 2.79. The quantitative estimate of drug-likeness (QED) is 0.870. The molecule has 0 unspecified atom stereocenters. The van der Waals surface area contributed by atoms with Crippen molar-refractivity contribution in [2.24, 2.45) is 23.2 Å². The number of carbonyl (C=O) groups is 2. The van der Waals surface area contributed by atoms with Crippen molar-refractivity contribution in [2.75, 3.05) is 6.54 Å². The predicted molar refractivity (Wildman–Crippen MR) is 88.4 cm³/mol. The van der Waals surface area contributed by atoms with E-state index in [2.05, 4.69) is 0 Å². The Labute approximate surface area is 141 Å². The molecule has 0 aromatic heterocycles. The van der Waals surface area contributed by atoms with Crippen molar-refractivity contribution in [3.8, 4) is 0 Å². The van der Waals surface area contributed by atoms with Gasteiger partial charge in [-0.05, 0) is 73.8 Å². The molecule has 1 aromatic rings. The van der Waals surface area contributed by atoms with Crippen molar-refractivity contribution in [1.82, 2.24) is 4.90 Å². The molecule has 6 rings (SSSR count). The van der Waals surface area contributed by atoms with Crippen LogP contribution >= 0.6 is 0 Å². The van der Waals surface area contributed by atoms with Crippen molar-refractivity contribution in [1.29, 1.82) is 0 Å². The molecule has 24 heavy (non-hydrogen) atoms. The van der Waals surface area contributed by atoms with Gasteiger partial charge in [-0.25, -0.2) is 0 Å². The van der Waals surface area contributed by atoms with Crippen LogP contribution in [0.3, 0.4) is 0 Å². The van der Waals surface area contributed by atoms with Gasteiger partial charge in [0.2, 0.25) is 0 Å². The third kappa shape index (κ3) is 1.95. The monoisotopic (exact) mass is 325 g/mol. The summed E-state index contributed by atoms with van der Waals surface area (Å²) in [6.45, 7) is 0.151. The van der Waals surface area contributed by atoms with Crippen molar-refractivity contribution in [3.63, 3.8) is 0 Å². The lowest BCUT2D eigenvalue weighted by molar-refractivity contribution is -0.122. The number of aliphatic hydroxyl groups is 1. The van der Waals surface area contributed by atoms with Gasteiger partial charge in [0.05, 0.1) is 23.8 Å². The molecule has 4 heteroatoms. The lowest BCUT2D eigenvalue weighted by Gasteiger charge is -2.58. The fraction of sp³-hybridized carbons (Fsp3) is 0.600. The molecule has 1 atom stereocenters. The second-order valence-corrected chi connectivity index (χ2v) is 8.56. The van der Waals surface area contributed by atoms with E-state index in [1.165, 1.54) is 24.2 Å². The van der Waals surface area contributed by atoms with E-state index in [1.54, 1.807) is 24.3 Å². The molecule has 4 nitrogen and oxygen atoms in total. The molecule has 2 amide bonds. The second-order valence-electron chi connectivity index (χ2n) is 8.56. The highest BCUT2D eigenvalue weighted by atomic mass is 16.3. The van der Waals surface area contributed by atoms with Crippen LogP contribution in [0.1, 0.15) is 59.2 Å². The van der Waals surface area contributed by atoms with Gasteiger partial charge >= 0.3 is 0 Å². The lowest BCUT2D eigenvalue weighted by atomic mass is 9.48. The first kappa shape index (κ1) is 14.6. The zero-order valence-corrected chi connectivity index (χ0v) is 13.8. The highest BCUT2D eigenvalue weighted by Crippen LogP contribution is 2.61. The summed E-state index contributed by atoms with van der Waals surface area (Å²) >= 11 is 0. The number of β-amino-alcohol motifs (C(OH)–C–C–N with tert-alkyl or cyclic N) is 1. The number of amides is 2. The largest absolute Gasteiger partial charge is 0.391 e. The Hall–Kier alpha value is -1.68. The van der Waals surface area contributed by atoms with Gasteiger partial charge in [-0.1, -0.05) is 12.1 Å². The minimum Gasteiger partial charge on any atom is -0.391 e. The van der Waals surface area contributed by atoms with E-state index in [0.29, 0.717) is 11.1 Å². The number of fused-ring (bicyclic) bond motifs is 1. The zero-order chi connectivity index (χ0) is 16.5. The van der Waals surface area contributed by atoms with E-state index in [0.717, 1.165) is 37.0 Å². The molecular weight excluding hydrogens is 302 g/mol. The molecule has 1 heterocycles. The first-order valence-electron chi connectivity index (χ1n) is 9.19. The summed E-state index contributed by atoms with van der Waals surface area (Å²) in [7, 11) is 0. The molecule has 0 spiro atoms. The minimum absolute atomic E-state index is 0.0654. The first-order chi connectivity index (χ1) is 11.6. The summed E-state index contributed by atoms with van der Waals surface area (Å²) in [5, 5.41) is 11.0. The Kier molecular flexibility index (Phi) is 3.00. The summed E-state index contributed by atoms with van der Waals surface area (Å²) < 4.78 is 0. The maximum atomic E-state index is 12.6. The molecule has 4 aliphatic carbocycles. The Bertz CT molecular complexity index is 655. The van der Waals surface area contributed by atoms with Gasteiger partial charge in [-0.3, -0.25) is 14.5 Å². The predicted octanol–water partition coefficient (Wildman–Crippen LogP) is 2.86. The van der Waals surface area contributed by atoms with Gasteiger partial charge in [0.25, 0.3) is 11.8 Å². The Morgan fingerprint density at radius 1 is 0.958 bits per heavy atom. The van der Waals surface area contributed by atoms with Crippen LogP contribution in [0.15, 0.2) is 24.3 Å². The molecule has 1 N–H and O–H groups in total. The standard InChI is InChI=1S/C20H23NO3/c22-17(20-8-12-5-13(9-20)7-14(6-12)10-20)11-21-18(23)15-3-1-2-4-16(15)19(21)24/h1-4,12-14,17,22H,5-11H2/t12?,13?,14?,17-,20?/m1/s1. The zero-order valence-electron chi connectivity index (χ0n) is 13.8. The highest BCUT2D eigenvalue weighted by molar-refractivity contribution is 6.21. The van der Waals surface area contributed by atoms with E-state index in [-0.39, 0.29) is 23.8 Å². The van der Waals surface area contributed by atoms with Crippen molar-refractivity contribution < 1.29 is 14.7 Å². The van der Waals surface area contributed by atoms with E-state index in [4.69, 9.17) is 0 Å². The van der Waals surface area contributed by atoms with Crippen molar-refractivity contribution in [3.05, 3.63) is 35.4 Å². The van der Waals surface area contributed by atoms with E-state index < -0.39 is 6.10 Å². The number of benzene rings is 1. The number of hydrogen-bond donors (Lipinski definition) is 1. The SMILES string of the molecule is O=C1c2ccccc2C(=O)N1C[C@@H](O)C12CC3CC(CC(C3)C1)C2. The molecule has 4 fully saturated rings. The third-order valence-electron chi connectivity index (χ3n) is 7.03. The van der Waals surface area contributed by atoms with E-state index in [9.17, 15) is 14.7 Å². The second kappa shape index (κ2) is 4.92. The molecule has 4 bridgehead atoms. The smallest absolute Gasteiger partial charge is 0.261 e. The Balaban J connectivity index is 1.39. The van der Waals surface area contributed by atoms with Crippen LogP contribution in [0.25, 0.3) is 0 Å². The maximum absolute atomic E-state index is 12.6. The molecule has 1 aliphatic heterocycles. The van der Waals surface area contributed by atoms with Crippen LogP contribution in [0, 0.1) is 23.2 Å². The van der Waals surface area contributed by atoms with E-state index >= 15 is 0 Å². The van der Waals surface area contributed by atoms with Crippen LogP contribution in [-0.4, -0.2) is 34.5 Å². The molecule has 5 aliphatic rings. The third-order valence-corrected chi connectivity index (χ3v) is 7.03. The number of rotatable bonds is 3. The number of hydrogen-bond acceptors (Lipinski definition) is 3. The normalized spacial score (nSPS) is 37.9. The van der Waals surface area contributed by atoms with Gasteiger partial charge < -0.3 is 5.11 Å². The van der Waals surface area contributed by atoms with Gasteiger partial charge in [-0.15, -0.1) is 0 Å². The number of imide groups is 1. The minimum atomic E-state index is -0.590. The highest BCUT2D eigenvalue weighted by Gasteiger charge is 2.54. The summed E-state index contributed by atoms with van der Waals surface area (Å²) in [6.07, 6.45) is 6.58. The number of nitrogens with zero attached hydrogens (tertiary/aromatic N) is 1. The van der Waals surface area contributed by atoms with Gasteiger partial charge in [0.15, 0.2) is 0 Å². The fourth-order valence-corrected chi connectivity index (χ4v) is 6.36. The lowest BCUT2D eigenvalue weighted by Crippen LogP contribution is -2.55. The van der Waals surface area contributed by atoms with Crippen LogP contribution in [0.2, 0.25) is 0 Å². The van der Waals surface area contributed by atoms with Gasteiger partial charge in [0, 0.05) is 0 Å². The summed E-state index contributed by atoms with van der Waals surface area (Å²) in [4.78, 5) is 26.4. The van der Waals surface area contributed by atoms with Gasteiger partial charge in [0.1, 0.15) is 0 Å². The molecule has 1 aromatic carbocycles. The molecule has 4 saturated carbocycles. The Morgan fingerprint density at radius 3 is 1.88 bits per heavy atom. The number of carbonyl (C=O) groups excluding carboxylic acids is 2. The molecule has 0 radical (unpaired) electrons. The average molecular weight is 325 g/mol. The van der Waals surface area contributed by atoms with E-state index in [1.807, 2.05) is 0 Å². The fourth-order valence-electron chi connectivity index (χ4n) is 6.36. The van der Waals surface area contributed by atoms with Crippen molar-refractivity contribution >= 4 is 11.8 Å². The Morgan fingerprint density at radius 2 is 1.42 bits per heavy atom. The molecular formula is C20H23NO3. The molecule has 126 valence electrons. The summed E-state index contributed by atoms with van der Waals surface area (Å²) in [6, 6.07) is 6.96. The van der Waals surface area contributed by atoms with Crippen LogP contribution in [0.5, 0.6) is 0 Å².